The second-order valence-corrected chi connectivity index (χ2v) is 5.30. The number of hydrogen-bond donors (Lipinski definition) is 1. The molecule has 0 aromatic heterocycles. The van der Waals surface area contributed by atoms with E-state index < -0.39 is 0 Å². The summed E-state index contributed by atoms with van der Waals surface area (Å²) in [4.78, 5) is 11.0. The van der Waals surface area contributed by atoms with Crippen LogP contribution in [-0.4, -0.2) is 4.92 Å². The van der Waals surface area contributed by atoms with Crippen molar-refractivity contribution in [3.8, 4) is 0 Å². The predicted molar refractivity (Wildman–Crippen MR) is 90.0 cm³/mol. The number of nitrogens with zero attached hydrogens (tertiary/aromatic N) is 1. The Morgan fingerprint density at radius 2 is 1.41 bits per heavy atom. The van der Waals surface area contributed by atoms with E-state index in [9.17, 15) is 10.1 Å². The summed E-state index contributed by atoms with van der Waals surface area (Å²) in [5.74, 6) is 0. The second-order valence-electron chi connectivity index (χ2n) is 5.30. The van der Waals surface area contributed by atoms with Crippen molar-refractivity contribution in [2.45, 2.75) is 0 Å². The average Bonchev–Trinajstić information content (AvgIpc) is 2.54. The number of nitro groups is 1. The number of nitro benzene ring substituents is 1. The fraction of sp³-hybridized carbons (Fsp3) is 0. The zero-order valence-corrected chi connectivity index (χ0v) is 11.6. The van der Waals surface area contributed by atoms with Crippen molar-refractivity contribution >= 4 is 43.7 Å². The van der Waals surface area contributed by atoms with Crippen LogP contribution in [0.3, 0.4) is 0 Å². The Morgan fingerprint density at radius 3 is 2.14 bits per heavy atom. The third kappa shape index (κ3) is 1.64. The molecular formula is C18H12N2O2. The molecule has 0 amide bonds. The van der Waals surface area contributed by atoms with Crippen LogP contribution in [0.2, 0.25) is 0 Å². The molecule has 0 heterocycles. The molecule has 0 aliphatic heterocycles. The highest BCUT2D eigenvalue weighted by molar-refractivity contribution is 6.20. The predicted octanol–water partition coefficient (Wildman–Crippen LogP) is 4.64. The summed E-state index contributed by atoms with van der Waals surface area (Å²) in [5.41, 5.74) is 6.97. The topological polar surface area (TPSA) is 69.2 Å². The first-order valence-electron chi connectivity index (χ1n) is 6.94. The normalized spacial score (nSPS) is 11.3. The highest BCUT2D eigenvalue weighted by Gasteiger charge is 2.17. The van der Waals surface area contributed by atoms with Crippen molar-refractivity contribution in [1.82, 2.24) is 0 Å². The van der Waals surface area contributed by atoms with E-state index in [2.05, 4.69) is 0 Å². The number of nitrogens with two attached hydrogens (primary N) is 1. The summed E-state index contributed by atoms with van der Waals surface area (Å²) in [6.07, 6.45) is 0. The molecule has 22 heavy (non-hydrogen) atoms. The van der Waals surface area contributed by atoms with Crippen LogP contribution < -0.4 is 5.73 Å². The fourth-order valence-electron chi connectivity index (χ4n) is 3.08. The lowest BCUT2D eigenvalue weighted by Crippen LogP contribution is -1.94. The van der Waals surface area contributed by atoms with Crippen LogP contribution in [-0.2, 0) is 0 Å². The Kier molecular flexibility index (Phi) is 2.53. The van der Waals surface area contributed by atoms with Gasteiger partial charge in [-0.15, -0.1) is 0 Å². The van der Waals surface area contributed by atoms with E-state index in [4.69, 9.17) is 5.73 Å². The third-order valence-corrected chi connectivity index (χ3v) is 4.10. The molecule has 0 bridgehead atoms. The summed E-state index contributed by atoms with van der Waals surface area (Å²) in [5, 5.41) is 16.5. The van der Waals surface area contributed by atoms with Gasteiger partial charge in [-0.25, -0.2) is 0 Å². The highest BCUT2D eigenvalue weighted by atomic mass is 16.6. The van der Waals surface area contributed by atoms with E-state index in [0.717, 1.165) is 26.9 Å². The van der Waals surface area contributed by atoms with E-state index in [1.807, 2.05) is 48.5 Å². The number of hydrogen-bond acceptors (Lipinski definition) is 3. The summed E-state index contributed by atoms with van der Waals surface area (Å²) < 4.78 is 0. The van der Waals surface area contributed by atoms with Gasteiger partial charge in [0.25, 0.3) is 5.69 Å². The number of fused-ring (bicyclic) bond motifs is 4. The zero-order valence-electron chi connectivity index (χ0n) is 11.6. The van der Waals surface area contributed by atoms with Crippen LogP contribution in [0.4, 0.5) is 11.4 Å². The number of nitrogen functional groups attached to an aromatic ring is 1. The molecule has 0 spiro atoms. The van der Waals surface area contributed by atoms with Gasteiger partial charge in [0.05, 0.1) is 10.3 Å². The monoisotopic (exact) mass is 288 g/mol. The number of benzene rings is 4. The zero-order chi connectivity index (χ0) is 15.3. The van der Waals surface area contributed by atoms with Crippen LogP contribution in [0.25, 0.3) is 32.3 Å². The molecular weight excluding hydrogens is 276 g/mol. The maximum absolute atomic E-state index is 11.4. The number of rotatable bonds is 1. The average molecular weight is 288 g/mol. The Bertz CT molecular complexity index is 1070. The standard InChI is InChI=1S/C18H12N2O2/c19-18-12-6-2-1-5-11(12)9-15-13-7-3-4-8-14(13)17(20(21)22)10-16(15)18/h1-10H,19H2. The minimum Gasteiger partial charge on any atom is -0.398 e. The Hall–Kier alpha value is -3.14. The van der Waals surface area contributed by atoms with Crippen molar-refractivity contribution < 1.29 is 4.92 Å². The van der Waals surface area contributed by atoms with Crippen LogP contribution in [0.1, 0.15) is 0 Å². The third-order valence-electron chi connectivity index (χ3n) is 4.10. The van der Waals surface area contributed by atoms with E-state index in [1.165, 1.54) is 0 Å². The molecule has 0 fully saturated rings. The summed E-state index contributed by atoms with van der Waals surface area (Å²) in [6.45, 7) is 0. The van der Waals surface area contributed by atoms with Crippen LogP contribution in [0.5, 0.6) is 0 Å². The molecule has 2 N–H and O–H groups in total. The van der Waals surface area contributed by atoms with E-state index in [0.29, 0.717) is 11.1 Å². The maximum Gasteiger partial charge on any atom is 0.277 e. The van der Waals surface area contributed by atoms with Gasteiger partial charge in [0, 0.05) is 22.5 Å². The molecule has 4 heteroatoms. The van der Waals surface area contributed by atoms with Crippen molar-refractivity contribution in [2.75, 3.05) is 5.73 Å². The quantitative estimate of drug-likeness (QED) is 0.182. The SMILES string of the molecule is Nc1c2ccccc2cc2c1cc([N+](=O)[O-])c1ccccc12. The minimum absolute atomic E-state index is 0.0880. The lowest BCUT2D eigenvalue weighted by Gasteiger charge is -2.10. The molecule has 4 aromatic rings. The van der Waals surface area contributed by atoms with Crippen molar-refractivity contribution in [3.63, 3.8) is 0 Å². The summed E-state index contributed by atoms with van der Waals surface area (Å²) in [7, 11) is 0. The Morgan fingerprint density at radius 1 is 0.773 bits per heavy atom. The van der Waals surface area contributed by atoms with E-state index in [-0.39, 0.29) is 10.6 Å². The Balaban J connectivity index is 2.32. The van der Waals surface area contributed by atoms with Gasteiger partial charge in [0.15, 0.2) is 0 Å². The van der Waals surface area contributed by atoms with Crippen molar-refractivity contribution in [2.24, 2.45) is 0 Å². The molecule has 0 unspecified atom stereocenters. The van der Waals surface area contributed by atoms with Gasteiger partial charge < -0.3 is 5.73 Å². The molecule has 106 valence electrons. The van der Waals surface area contributed by atoms with Gasteiger partial charge in [-0.05, 0) is 28.3 Å². The molecule has 0 atom stereocenters. The molecule has 0 saturated heterocycles. The molecule has 4 aromatic carbocycles. The fourth-order valence-corrected chi connectivity index (χ4v) is 3.08. The molecule has 0 aliphatic carbocycles. The van der Waals surface area contributed by atoms with Gasteiger partial charge in [-0.3, -0.25) is 10.1 Å². The van der Waals surface area contributed by atoms with Gasteiger partial charge in [0.2, 0.25) is 0 Å². The lowest BCUT2D eigenvalue weighted by molar-refractivity contribution is -0.382. The first-order chi connectivity index (χ1) is 10.7. The van der Waals surface area contributed by atoms with Crippen molar-refractivity contribution in [1.29, 1.82) is 0 Å². The smallest absolute Gasteiger partial charge is 0.277 e. The first-order valence-corrected chi connectivity index (χ1v) is 6.94. The Labute approximate surface area is 125 Å². The van der Waals surface area contributed by atoms with E-state index >= 15 is 0 Å². The summed E-state index contributed by atoms with van der Waals surface area (Å²) in [6, 6.07) is 18.8. The minimum atomic E-state index is -0.351. The largest absolute Gasteiger partial charge is 0.398 e. The van der Waals surface area contributed by atoms with Crippen LogP contribution >= 0.6 is 0 Å². The van der Waals surface area contributed by atoms with E-state index in [1.54, 1.807) is 12.1 Å². The number of non-ortho nitro benzene ring substituents is 1. The van der Waals surface area contributed by atoms with Gasteiger partial charge in [-0.2, -0.15) is 0 Å². The summed E-state index contributed by atoms with van der Waals surface area (Å²) >= 11 is 0. The van der Waals surface area contributed by atoms with Gasteiger partial charge in [0.1, 0.15) is 0 Å². The maximum atomic E-state index is 11.4. The molecule has 0 radical (unpaired) electrons. The van der Waals surface area contributed by atoms with Crippen LogP contribution in [0, 0.1) is 10.1 Å². The molecule has 0 aliphatic rings. The number of anilines is 1. The first kappa shape index (κ1) is 12.6. The van der Waals surface area contributed by atoms with Crippen LogP contribution in [0.15, 0.2) is 60.7 Å². The second kappa shape index (κ2) is 4.43. The molecule has 4 nitrogen and oxygen atoms in total. The lowest BCUT2D eigenvalue weighted by atomic mass is 9.95. The van der Waals surface area contributed by atoms with Gasteiger partial charge >= 0.3 is 0 Å². The van der Waals surface area contributed by atoms with Gasteiger partial charge in [-0.1, -0.05) is 42.5 Å². The highest BCUT2D eigenvalue weighted by Crippen LogP contribution is 2.39. The van der Waals surface area contributed by atoms with Crippen molar-refractivity contribution in [3.05, 3.63) is 70.8 Å². The molecule has 0 saturated carbocycles. The molecule has 4 rings (SSSR count).